The largest absolute Gasteiger partial charge is 0.462 e. The van der Waals surface area contributed by atoms with Crippen LogP contribution in [0.15, 0.2) is 12.3 Å². The summed E-state index contributed by atoms with van der Waals surface area (Å²) in [7, 11) is -0.742. The van der Waals surface area contributed by atoms with Gasteiger partial charge in [0.1, 0.15) is 5.82 Å². The van der Waals surface area contributed by atoms with E-state index in [1.165, 1.54) is 6.20 Å². The molecule has 1 aromatic rings. The van der Waals surface area contributed by atoms with Gasteiger partial charge in [-0.1, -0.05) is 0 Å². The van der Waals surface area contributed by atoms with Gasteiger partial charge < -0.3 is 15.4 Å². The first-order valence-electron chi connectivity index (χ1n) is 6.14. The molecular weight excluding hydrogens is 266 g/mol. The molecule has 0 radical (unpaired) electrons. The Morgan fingerprint density at radius 3 is 2.84 bits per heavy atom. The molecule has 0 atom stereocenters. The number of nitrogens with two attached hydrogens (primary N) is 1. The summed E-state index contributed by atoms with van der Waals surface area (Å²) in [6, 6.07) is 1.64. The first-order valence-corrected chi connectivity index (χ1v) is 7.63. The number of ether oxygens (including phenoxy) is 1. The van der Waals surface area contributed by atoms with Gasteiger partial charge in [0.25, 0.3) is 0 Å². The fraction of sp³-hybridized carbons (Fsp3) is 0.500. The topological polar surface area (TPSA) is 85.5 Å². The fourth-order valence-corrected chi connectivity index (χ4v) is 2.93. The zero-order valence-electron chi connectivity index (χ0n) is 10.8. The highest BCUT2D eigenvalue weighted by Gasteiger charge is 2.19. The van der Waals surface area contributed by atoms with E-state index in [1.807, 2.05) is 4.90 Å². The minimum absolute atomic E-state index is 0.304. The minimum Gasteiger partial charge on any atom is -0.462 e. The number of nitrogen functional groups attached to an aromatic ring is 1. The Kier molecular flexibility index (Phi) is 4.36. The summed E-state index contributed by atoms with van der Waals surface area (Å²) in [5.41, 5.74) is 6.38. The predicted octanol–water partition coefficient (Wildman–Crippen LogP) is 0.409. The lowest BCUT2D eigenvalue weighted by atomic mass is 10.2. The molecule has 2 N–H and O–H groups in total. The minimum atomic E-state index is -0.742. The highest BCUT2D eigenvalue weighted by Crippen LogP contribution is 2.20. The van der Waals surface area contributed by atoms with E-state index in [4.69, 9.17) is 10.5 Å². The third-order valence-corrected chi connectivity index (χ3v) is 4.19. The number of rotatable bonds is 3. The van der Waals surface area contributed by atoms with Gasteiger partial charge in [-0.15, -0.1) is 0 Å². The molecule has 104 valence electrons. The lowest BCUT2D eigenvalue weighted by molar-refractivity contribution is 0.0527. The second-order valence-corrected chi connectivity index (χ2v) is 5.88. The van der Waals surface area contributed by atoms with Crippen LogP contribution in [0.1, 0.15) is 17.3 Å². The molecule has 0 aromatic carbocycles. The maximum absolute atomic E-state index is 11.8. The van der Waals surface area contributed by atoms with Crippen LogP contribution in [0.5, 0.6) is 0 Å². The molecule has 1 fully saturated rings. The van der Waals surface area contributed by atoms with Crippen LogP contribution in [-0.4, -0.2) is 46.4 Å². The number of anilines is 2. The van der Waals surface area contributed by atoms with Crippen molar-refractivity contribution < 1.29 is 13.7 Å². The van der Waals surface area contributed by atoms with Crippen LogP contribution < -0.4 is 10.6 Å². The number of carbonyl (C=O) groups excluding carboxylic acids is 1. The number of nitrogens with zero attached hydrogens (tertiary/aromatic N) is 2. The van der Waals surface area contributed by atoms with Crippen molar-refractivity contribution in [1.82, 2.24) is 4.98 Å². The summed E-state index contributed by atoms with van der Waals surface area (Å²) in [5, 5.41) is 0. The molecule has 0 aliphatic carbocycles. The van der Waals surface area contributed by atoms with E-state index in [1.54, 1.807) is 13.0 Å². The molecule has 2 heterocycles. The van der Waals surface area contributed by atoms with E-state index in [-0.39, 0.29) is 0 Å². The normalized spacial score (nSPS) is 16.4. The maximum atomic E-state index is 11.8. The average Bonchev–Trinajstić information content (AvgIpc) is 2.40. The van der Waals surface area contributed by atoms with Crippen LogP contribution in [0.3, 0.4) is 0 Å². The maximum Gasteiger partial charge on any atom is 0.340 e. The molecule has 1 aliphatic heterocycles. The van der Waals surface area contributed by atoms with E-state index < -0.39 is 16.8 Å². The van der Waals surface area contributed by atoms with Crippen molar-refractivity contribution in [2.45, 2.75) is 6.92 Å². The van der Waals surface area contributed by atoms with Crippen molar-refractivity contribution in [1.29, 1.82) is 0 Å². The van der Waals surface area contributed by atoms with Crippen molar-refractivity contribution in [3.05, 3.63) is 17.8 Å². The average molecular weight is 283 g/mol. The smallest absolute Gasteiger partial charge is 0.340 e. The molecule has 19 heavy (non-hydrogen) atoms. The molecular formula is C12H17N3O3S. The first kappa shape index (κ1) is 13.8. The van der Waals surface area contributed by atoms with E-state index in [2.05, 4.69) is 4.98 Å². The molecule has 6 nitrogen and oxygen atoms in total. The summed E-state index contributed by atoms with van der Waals surface area (Å²) < 4.78 is 16.3. The van der Waals surface area contributed by atoms with Gasteiger partial charge in [-0.3, -0.25) is 4.21 Å². The molecule has 2 rings (SSSR count). The monoisotopic (exact) mass is 283 g/mol. The molecule has 0 bridgehead atoms. The Bertz CT molecular complexity index is 497. The third kappa shape index (κ3) is 3.23. The van der Waals surface area contributed by atoms with E-state index >= 15 is 0 Å². The Morgan fingerprint density at radius 2 is 2.21 bits per heavy atom. The first-order chi connectivity index (χ1) is 9.11. The van der Waals surface area contributed by atoms with Gasteiger partial charge in [-0.2, -0.15) is 0 Å². The molecule has 1 saturated heterocycles. The van der Waals surface area contributed by atoms with Crippen molar-refractivity contribution in [3.63, 3.8) is 0 Å². The Balaban J connectivity index is 2.20. The quantitative estimate of drug-likeness (QED) is 0.809. The predicted molar refractivity (Wildman–Crippen MR) is 74.7 cm³/mol. The summed E-state index contributed by atoms with van der Waals surface area (Å²) in [6.45, 7) is 3.40. The van der Waals surface area contributed by atoms with Gasteiger partial charge in [0.2, 0.25) is 0 Å². The third-order valence-electron chi connectivity index (χ3n) is 2.92. The van der Waals surface area contributed by atoms with E-state index in [0.29, 0.717) is 48.3 Å². The highest BCUT2D eigenvalue weighted by molar-refractivity contribution is 7.85. The van der Waals surface area contributed by atoms with Gasteiger partial charge in [0, 0.05) is 35.4 Å². The summed E-state index contributed by atoms with van der Waals surface area (Å²) in [5.74, 6) is 1.49. The van der Waals surface area contributed by atoms with Crippen LogP contribution >= 0.6 is 0 Å². The van der Waals surface area contributed by atoms with Gasteiger partial charge in [0.05, 0.1) is 24.1 Å². The lowest BCUT2D eigenvalue weighted by Gasteiger charge is -2.27. The van der Waals surface area contributed by atoms with Crippen LogP contribution in [0.4, 0.5) is 11.5 Å². The van der Waals surface area contributed by atoms with Crippen molar-refractivity contribution in [2.24, 2.45) is 0 Å². The number of carbonyl (C=O) groups is 1. The lowest BCUT2D eigenvalue weighted by Crippen LogP contribution is -2.38. The van der Waals surface area contributed by atoms with Crippen LogP contribution in [0.2, 0.25) is 0 Å². The van der Waals surface area contributed by atoms with Crippen LogP contribution in [0.25, 0.3) is 0 Å². The van der Waals surface area contributed by atoms with E-state index in [0.717, 1.165) is 0 Å². The molecule has 0 spiro atoms. The standard InChI is InChI=1S/C12H17N3O3S/c1-2-18-12(16)9-7-11(14-8-10(9)13)15-3-5-19(17)6-4-15/h7-8H,2-6,13H2,1H3. The molecule has 1 aliphatic rings. The Hall–Kier alpha value is -1.63. The number of aromatic nitrogens is 1. The van der Waals surface area contributed by atoms with Gasteiger partial charge in [0.15, 0.2) is 0 Å². The molecule has 0 saturated carbocycles. The summed E-state index contributed by atoms with van der Waals surface area (Å²) in [6.07, 6.45) is 1.47. The van der Waals surface area contributed by atoms with Gasteiger partial charge in [-0.25, -0.2) is 9.78 Å². The molecule has 7 heteroatoms. The second-order valence-electron chi connectivity index (χ2n) is 4.19. The number of hydrogen-bond donors (Lipinski definition) is 1. The van der Waals surface area contributed by atoms with Crippen molar-refractivity contribution in [2.75, 3.05) is 41.8 Å². The summed E-state index contributed by atoms with van der Waals surface area (Å²) >= 11 is 0. The zero-order valence-corrected chi connectivity index (χ0v) is 11.6. The fourth-order valence-electron chi connectivity index (χ4n) is 1.88. The number of esters is 1. The van der Waals surface area contributed by atoms with Gasteiger partial charge in [-0.05, 0) is 13.0 Å². The Morgan fingerprint density at radius 1 is 1.53 bits per heavy atom. The van der Waals surface area contributed by atoms with Crippen LogP contribution in [-0.2, 0) is 15.5 Å². The van der Waals surface area contributed by atoms with E-state index in [9.17, 15) is 9.00 Å². The SMILES string of the molecule is CCOC(=O)c1cc(N2CCS(=O)CC2)ncc1N. The zero-order chi connectivity index (χ0) is 13.8. The van der Waals surface area contributed by atoms with Gasteiger partial charge >= 0.3 is 5.97 Å². The van der Waals surface area contributed by atoms with Crippen molar-refractivity contribution >= 4 is 28.3 Å². The highest BCUT2D eigenvalue weighted by atomic mass is 32.2. The van der Waals surface area contributed by atoms with Crippen molar-refractivity contribution in [3.8, 4) is 0 Å². The second kappa shape index (κ2) is 6.01. The Labute approximate surface area is 114 Å². The summed E-state index contributed by atoms with van der Waals surface area (Å²) in [4.78, 5) is 18.0. The molecule has 0 amide bonds. The molecule has 1 aromatic heterocycles. The number of pyridine rings is 1. The molecule has 0 unspecified atom stereocenters. The van der Waals surface area contributed by atoms with Crippen LogP contribution in [0, 0.1) is 0 Å². The number of hydrogen-bond acceptors (Lipinski definition) is 6.